The van der Waals surface area contributed by atoms with E-state index < -0.39 is 16.4 Å². The Balaban J connectivity index is 2.62. The van der Waals surface area contributed by atoms with E-state index >= 15 is 0 Å². The molecule has 0 radical (unpaired) electrons. The lowest BCUT2D eigenvalue weighted by atomic mass is 9.97. The van der Waals surface area contributed by atoms with Gasteiger partial charge in [0.1, 0.15) is 0 Å². The monoisotopic (exact) mass is 281 g/mol. The van der Waals surface area contributed by atoms with Crippen molar-refractivity contribution in [2.45, 2.75) is 32.2 Å². The summed E-state index contributed by atoms with van der Waals surface area (Å²) in [7, 11) is 0. The summed E-state index contributed by atoms with van der Waals surface area (Å²) in [6, 6.07) is 4.88. The minimum atomic E-state index is -1.10. The van der Waals surface area contributed by atoms with Gasteiger partial charge >= 0.3 is 5.69 Å². The zero-order chi connectivity index (χ0) is 15.3. The third kappa shape index (κ3) is 3.92. The molecule has 0 saturated carbocycles. The highest BCUT2D eigenvalue weighted by atomic mass is 16.6. The van der Waals surface area contributed by atoms with Gasteiger partial charge in [0.15, 0.2) is 5.75 Å². The van der Waals surface area contributed by atoms with Crippen LogP contribution in [0.3, 0.4) is 0 Å². The normalized spacial score (nSPS) is 13.6. The molecule has 1 unspecified atom stereocenters. The summed E-state index contributed by atoms with van der Waals surface area (Å²) < 4.78 is 5.41. The van der Waals surface area contributed by atoms with Crippen LogP contribution in [0, 0.1) is 17.0 Å². The smallest absolute Gasteiger partial charge is 0.313 e. The fourth-order valence-corrected chi connectivity index (χ4v) is 1.73. The second-order valence-electron chi connectivity index (χ2n) is 4.91. The van der Waals surface area contributed by atoms with Gasteiger partial charge in [0.05, 0.1) is 17.1 Å². The quantitative estimate of drug-likeness (QED) is 0.442. The van der Waals surface area contributed by atoms with Crippen LogP contribution in [0.1, 0.15) is 25.3 Å². The summed E-state index contributed by atoms with van der Waals surface area (Å²) in [4.78, 5) is 21.5. The number of primary amides is 1. The zero-order valence-electron chi connectivity index (χ0n) is 11.6. The van der Waals surface area contributed by atoms with E-state index in [9.17, 15) is 14.9 Å². The number of nitro groups is 1. The Morgan fingerprint density at radius 2 is 2.15 bits per heavy atom. The number of nitrogens with zero attached hydrogens (tertiary/aromatic N) is 1. The lowest BCUT2D eigenvalue weighted by Crippen LogP contribution is -2.49. The number of benzene rings is 1. The van der Waals surface area contributed by atoms with Crippen molar-refractivity contribution in [2.24, 2.45) is 11.5 Å². The minimum absolute atomic E-state index is 0.0436. The molecular weight excluding hydrogens is 262 g/mol. The Kier molecular flexibility index (Phi) is 5.04. The fraction of sp³-hybridized carbons (Fsp3) is 0.462. The first kappa shape index (κ1) is 15.9. The average molecular weight is 281 g/mol. The Hall–Kier alpha value is -2.15. The maximum atomic E-state index is 11.0. The molecular formula is C13H19N3O4. The molecule has 1 atom stereocenters. The number of amides is 1. The number of hydrogen-bond acceptors (Lipinski definition) is 5. The molecule has 0 bridgehead atoms. The summed E-state index contributed by atoms with van der Waals surface area (Å²) in [5, 5.41) is 11.0. The van der Waals surface area contributed by atoms with Crippen LogP contribution in [0.25, 0.3) is 0 Å². The number of carbonyl (C=O) groups excluding carboxylic acids is 1. The van der Waals surface area contributed by atoms with Gasteiger partial charge < -0.3 is 16.2 Å². The minimum Gasteiger partial charge on any atom is -0.487 e. The summed E-state index contributed by atoms with van der Waals surface area (Å²) >= 11 is 0. The number of ether oxygens (including phenoxy) is 1. The molecule has 0 spiro atoms. The van der Waals surface area contributed by atoms with Gasteiger partial charge in [-0.3, -0.25) is 14.9 Å². The first-order valence-corrected chi connectivity index (χ1v) is 6.21. The number of hydrogen-bond donors (Lipinski definition) is 2. The van der Waals surface area contributed by atoms with E-state index in [4.69, 9.17) is 16.2 Å². The Labute approximate surface area is 117 Å². The van der Waals surface area contributed by atoms with Crippen molar-refractivity contribution in [3.8, 4) is 5.75 Å². The summed E-state index contributed by atoms with van der Waals surface area (Å²) in [5.74, 6) is -0.369. The molecule has 1 rings (SSSR count). The highest BCUT2D eigenvalue weighted by molar-refractivity contribution is 5.83. The van der Waals surface area contributed by atoms with Crippen molar-refractivity contribution in [3.05, 3.63) is 33.9 Å². The molecule has 0 aliphatic rings. The first-order valence-electron chi connectivity index (χ1n) is 6.21. The number of aryl methyl sites for hydroxylation is 1. The molecule has 0 aromatic heterocycles. The molecule has 4 N–H and O–H groups in total. The van der Waals surface area contributed by atoms with Crippen molar-refractivity contribution in [1.82, 2.24) is 0 Å². The number of carbonyl (C=O) groups is 1. The third-order valence-corrected chi connectivity index (χ3v) is 3.04. The first-order chi connectivity index (χ1) is 9.25. The SMILES string of the molecule is Cc1cccc(OCCCC(C)(N)C(N)=O)c1[N+](=O)[O-]. The third-order valence-electron chi connectivity index (χ3n) is 3.04. The topological polar surface area (TPSA) is 121 Å². The molecule has 110 valence electrons. The number of nitrogens with two attached hydrogens (primary N) is 2. The van der Waals surface area contributed by atoms with Gasteiger partial charge in [-0.15, -0.1) is 0 Å². The van der Waals surface area contributed by atoms with Crippen LogP contribution in [0.5, 0.6) is 5.75 Å². The molecule has 20 heavy (non-hydrogen) atoms. The van der Waals surface area contributed by atoms with Crippen LogP contribution >= 0.6 is 0 Å². The number of nitro benzene ring substituents is 1. The van der Waals surface area contributed by atoms with E-state index in [0.717, 1.165) is 0 Å². The predicted octanol–water partition coefficient (Wildman–Crippen LogP) is 1.26. The molecule has 7 nitrogen and oxygen atoms in total. The van der Waals surface area contributed by atoms with Crippen molar-refractivity contribution >= 4 is 11.6 Å². The molecule has 1 amide bonds. The Morgan fingerprint density at radius 1 is 1.50 bits per heavy atom. The molecule has 0 fully saturated rings. The molecule has 0 aliphatic heterocycles. The van der Waals surface area contributed by atoms with Crippen LogP contribution in [-0.4, -0.2) is 23.0 Å². The molecule has 0 heterocycles. The summed E-state index contributed by atoms with van der Waals surface area (Å²) in [6.45, 7) is 3.42. The van der Waals surface area contributed by atoms with Crippen LogP contribution in [0.15, 0.2) is 18.2 Å². The Bertz CT molecular complexity index is 514. The number of para-hydroxylation sites is 1. The maximum absolute atomic E-state index is 11.0. The predicted molar refractivity (Wildman–Crippen MR) is 74.3 cm³/mol. The van der Waals surface area contributed by atoms with Crippen molar-refractivity contribution in [2.75, 3.05) is 6.61 Å². The lowest BCUT2D eigenvalue weighted by Gasteiger charge is -2.20. The summed E-state index contributed by atoms with van der Waals surface area (Å²) in [6.07, 6.45) is 0.822. The standard InChI is InChI=1S/C13H19N3O4/c1-9-5-3-6-10(11(9)16(18)19)20-8-4-7-13(2,15)12(14)17/h3,5-6H,4,7-8,15H2,1-2H3,(H2,14,17). The van der Waals surface area contributed by atoms with E-state index in [1.54, 1.807) is 32.0 Å². The van der Waals surface area contributed by atoms with E-state index in [1.807, 2.05) is 0 Å². The molecule has 1 aromatic carbocycles. The van der Waals surface area contributed by atoms with Crippen LogP contribution in [0.4, 0.5) is 5.69 Å². The van der Waals surface area contributed by atoms with Gasteiger partial charge in [0, 0.05) is 5.56 Å². The molecule has 1 aromatic rings. The molecule has 0 saturated heterocycles. The largest absolute Gasteiger partial charge is 0.487 e. The van der Waals surface area contributed by atoms with Crippen LogP contribution in [0.2, 0.25) is 0 Å². The van der Waals surface area contributed by atoms with Gasteiger partial charge in [-0.25, -0.2) is 0 Å². The number of rotatable bonds is 7. The van der Waals surface area contributed by atoms with E-state index in [0.29, 0.717) is 18.4 Å². The molecule has 0 aliphatic carbocycles. The van der Waals surface area contributed by atoms with Gasteiger partial charge in [-0.1, -0.05) is 12.1 Å². The zero-order valence-corrected chi connectivity index (χ0v) is 11.6. The fourth-order valence-electron chi connectivity index (χ4n) is 1.73. The van der Waals surface area contributed by atoms with Gasteiger partial charge in [0.2, 0.25) is 5.91 Å². The van der Waals surface area contributed by atoms with Crippen molar-refractivity contribution in [3.63, 3.8) is 0 Å². The van der Waals surface area contributed by atoms with E-state index in [-0.39, 0.29) is 18.0 Å². The molecule has 7 heteroatoms. The maximum Gasteiger partial charge on any atom is 0.313 e. The Morgan fingerprint density at radius 3 is 2.70 bits per heavy atom. The van der Waals surface area contributed by atoms with Crippen molar-refractivity contribution in [1.29, 1.82) is 0 Å². The van der Waals surface area contributed by atoms with E-state index in [1.165, 1.54) is 0 Å². The van der Waals surface area contributed by atoms with Crippen LogP contribution in [-0.2, 0) is 4.79 Å². The van der Waals surface area contributed by atoms with Gasteiger partial charge in [-0.2, -0.15) is 0 Å². The highest BCUT2D eigenvalue weighted by Gasteiger charge is 2.25. The van der Waals surface area contributed by atoms with Crippen LogP contribution < -0.4 is 16.2 Å². The van der Waals surface area contributed by atoms with Gasteiger partial charge in [-0.05, 0) is 32.8 Å². The lowest BCUT2D eigenvalue weighted by molar-refractivity contribution is -0.386. The second-order valence-corrected chi connectivity index (χ2v) is 4.91. The van der Waals surface area contributed by atoms with Crippen molar-refractivity contribution < 1.29 is 14.5 Å². The average Bonchev–Trinajstić information content (AvgIpc) is 2.34. The summed E-state index contributed by atoms with van der Waals surface area (Å²) in [5.41, 5.74) is 10.3. The highest BCUT2D eigenvalue weighted by Crippen LogP contribution is 2.30. The second kappa shape index (κ2) is 6.33. The van der Waals surface area contributed by atoms with Gasteiger partial charge in [0.25, 0.3) is 0 Å². The van der Waals surface area contributed by atoms with E-state index in [2.05, 4.69) is 0 Å².